The number of hydrogen-bond acceptors (Lipinski definition) is 2. The molecule has 23 heavy (non-hydrogen) atoms. The molecule has 0 bridgehead atoms. The van der Waals surface area contributed by atoms with Gasteiger partial charge in [-0.05, 0) is 49.0 Å². The highest BCUT2D eigenvalue weighted by Gasteiger charge is 1.99. The van der Waals surface area contributed by atoms with Gasteiger partial charge < -0.3 is 10.2 Å². The molecule has 1 amide bonds. The molecule has 0 aliphatic rings. The number of amides is 1. The zero-order valence-corrected chi connectivity index (χ0v) is 13.4. The highest BCUT2D eigenvalue weighted by Crippen LogP contribution is 2.07. The lowest BCUT2D eigenvalue weighted by atomic mass is 10.1. The number of nitrogens with zero attached hydrogens (tertiary/aromatic N) is 1. The molecule has 2 rings (SSSR count). The van der Waals surface area contributed by atoms with Crippen LogP contribution in [0.25, 0.3) is 6.08 Å². The Kier molecular flexibility index (Phi) is 6.06. The van der Waals surface area contributed by atoms with E-state index in [9.17, 15) is 9.18 Å². The average Bonchev–Trinajstić information content (AvgIpc) is 2.53. The van der Waals surface area contributed by atoms with Crippen LogP contribution in [0.1, 0.15) is 16.7 Å². The molecule has 3 nitrogen and oxygen atoms in total. The largest absolute Gasteiger partial charge is 0.348 e. The zero-order chi connectivity index (χ0) is 16.7. The Bertz CT molecular complexity index is 661. The second kappa shape index (κ2) is 8.25. The fourth-order valence-corrected chi connectivity index (χ4v) is 2.12. The average molecular weight is 312 g/mol. The van der Waals surface area contributed by atoms with E-state index >= 15 is 0 Å². The molecule has 2 aromatic rings. The van der Waals surface area contributed by atoms with Crippen molar-refractivity contribution >= 4 is 12.0 Å². The molecule has 0 heterocycles. The van der Waals surface area contributed by atoms with Gasteiger partial charge in [-0.15, -0.1) is 0 Å². The quantitative estimate of drug-likeness (QED) is 0.831. The molecule has 1 N–H and O–H groups in total. The maximum absolute atomic E-state index is 12.8. The van der Waals surface area contributed by atoms with Gasteiger partial charge in [0.05, 0.1) is 0 Å². The van der Waals surface area contributed by atoms with Crippen molar-refractivity contribution < 1.29 is 9.18 Å². The Morgan fingerprint density at radius 2 is 1.65 bits per heavy atom. The van der Waals surface area contributed by atoms with Crippen LogP contribution < -0.4 is 5.32 Å². The molecule has 120 valence electrons. The summed E-state index contributed by atoms with van der Waals surface area (Å²) in [7, 11) is 4.06. The molecule has 0 atom stereocenters. The highest BCUT2D eigenvalue weighted by atomic mass is 19.1. The van der Waals surface area contributed by atoms with Crippen molar-refractivity contribution in [2.24, 2.45) is 0 Å². The maximum atomic E-state index is 12.8. The predicted octanol–water partition coefficient (Wildman–Crippen LogP) is 3.22. The van der Waals surface area contributed by atoms with Gasteiger partial charge in [0, 0.05) is 19.2 Å². The smallest absolute Gasteiger partial charge is 0.244 e. The van der Waals surface area contributed by atoms with Crippen LogP contribution in [0.5, 0.6) is 0 Å². The number of carbonyl (C=O) groups excluding carboxylic acids is 1. The van der Waals surface area contributed by atoms with Crippen LogP contribution in [0.2, 0.25) is 0 Å². The molecule has 0 aliphatic heterocycles. The van der Waals surface area contributed by atoms with E-state index in [1.54, 1.807) is 18.2 Å². The van der Waals surface area contributed by atoms with Crippen molar-refractivity contribution in [3.05, 3.63) is 77.1 Å². The van der Waals surface area contributed by atoms with Gasteiger partial charge in [-0.1, -0.05) is 36.4 Å². The van der Waals surface area contributed by atoms with Crippen molar-refractivity contribution in [2.45, 2.75) is 13.1 Å². The first-order valence-corrected chi connectivity index (χ1v) is 7.47. The monoisotopic (exact) mass is 312 g/mol. The number of hydrogen-bond donors (Lipinski definition) is 1. The second-order valence-electron chi connectivity index (χ2n) is 5.66. The molecule has 0 fully saturated rings. The van der Waals surface area contributed by atoms with Crippen molar-refractivity contribution in [1.82, 2.24) is 10.2 Å². The van der Waals surface area contributed by atoms with E-state index in [1.807, 2.05) is 26.2 Å². The lowest BCUT2D eigenvalue weighted by Gasteiger charge is -2.10. The van der Waals surface area contributed by atoms with E-state index in [-0.39, 0.29) is 11.7 Å². The molecule has 0 saturated heterocycles. The zero-order valence-electron chi connectivity index (χ0n) is 13.4. The first-order chi connectivity index (χ1) is 11.0. The van der Waals surface area contributed by atoms with Crippen molar-refractivity contribution in [3.8, 4) is 0 Å². The van der Waals surface area contributed by atoms with E-state index in [0.717, 1.165) is 17.7 Å². The van der Waals surface area contributed by atoms with E-state index < -0.39 is 0 Å². The first kappa shape index (κ1) is 16.9. The summed E-state index contributed by atoms with van der Waals surface area (Å²) >= 11 is 0. The van der Waals surface area contributed by atoms with Crippen molar-refractivity contribution in [2.75, 3.05) is 14.1 Å². The molecule has 4 heteroatoms. The van der Waals surface area contributed by atoms with Gasteiger partial charge in [-0.2, -0.15) is 0 Å². The van der Waals surface area contributed by atoms with Crippen molar-refractivity contribution in [1.29, 1.82) is 0 Å². The summed E-state index contributed by atoms with van der Waals surface area (Å²) in [6, 6.07) is 14.2. The molecule has 0 spiro atoms. The Morgan fingerprint density at radius 3 is 2.26 bits per heavy atom. The van der Waals surface area contributed by atoms with E-state index in [0.29, 0.717) is 6.54 Å². The van der Waals surface area contributed by atoms with E-state index in [4.69, 9.17) is 0 Å². The van der Waals surface area contributed by atoms with E-state index in [2.05, 4.69) is 22.3 Å². The van der Waals surface area contributed by atoms with Crippen LogP contribution >= 0.6 is 0 Å². The van der Waals surface area contributed by atoms with Crippen LogP contribution in [-0.2, 0) is 17.9 Å². The van der Waals surface area contributed by atoms with Gasteiger partial charge >= 0.3 is 0 Å². The lowest BCUT2D eigenvalue weighted by molar-refractivity contribution is -0.116. The van der Waals surface area contributed by atoms with Crippen LogP contribution in [0.15, 0.2) is 54.6 Å². The molecule has 0 aliphatic carbocycles. The van der Waals surface area contributed by atoms with Gasteiger partial charge in [0.2, 0.25) is 5.91 Å². The number of halogens is 1. The summed E-state index contributed by atoms with van der Waals surface area (Å²) in [6.07, 6.45) is 3.11. The third-order valence-corrected chi connectivity index (χ3v) is 3.29. The molecule has 0 aromatic heterocycles. The van der Waals surface area contributed by atoms with Gasteiger partial charge in [0.25, 0.3) is 0 Å². The first-order valence-electron chi connectivity index (χ1n) is 7.47. The van der Waals surface area contributed by atoms with Gasteiger partial charge in [0.1, 0.15) is 5.82 Å². The van der Waals surface area contributed by atoms with Crippen molar-refractivity contribution in [3.63, 3.8) is 0 Å². The number of rotatable bonds is 6. The third-order valence-electron chi connectivity index (χ3n) is 3.29. The molecule has 0 radical (unpaired) electrons. The Balaban J connectivity index is 1.83. The molecule has 0 unspecified atom stereocenters. The van der Waals surface area contributed by atoms with Gasteiger partial charge in [-0.25, -0.2) is 4.39 Å². The summed E-state index contributed by atoms with van der Waals surface area (Å²) < 4.78 is 12.8. The van der Waals surface area contributed by atoms with Crippen LogP contribution in [0, 0.1) is 5.82 Å². The fraction of sp³-hybridized carbons (Fsp3) is 0.211. The van der Waals surface area contributed by atoms with Gasteiger partial charge in [-0.3, -0.25) is 4.79 Å². The fourth-order valence-electron chi connectivity index (χ4n) is 2.12. The minimum atomic E-state index is -0.288. The molecular formula is C19H21FN2O. The number of nitrogens with one attached hydrogen (secondary N) is 1. The summed E-state index contributed by atoms with van der Waals surface area (Å²) in [5.74, 6) is -0.462. The Hall–Kier alpha value is -2.46. The minimum Gasteiger partial charge on any atom is -0.348 e. The summed E-state index contributed by atoms with van der Waals surface area (Å²) in [5, 5.41) is 2.83. The summed E-state index contributed by atoms with van der Waals surface area (Å²) in [4.78, 5) is 13.9. The normalized spacial score (nSPS) is 11.1. The molecular weight excluding hydrogens is 291 g/mol. The number of benzene rings is 2. The molecule has 2 aromatic carbocycles. The van der Waals surface area contributed by atoms with Gasteiger partial charge in [0.15, 0.2) is 0 Å². The Morgan fingerprint density at radius 1 is 1.04 bits per heavy atom. The minimum absolute atomic E-state index is 0.174. The van der Waals surface area contributed by atoms with E-state index in [1.165, 1.54) is 23.8 Å². The Labute approximate surface area is 136 Å². The standard InChI is InChI=1S/C19H21FN2O/c1-22(2)14-17-5-3-16(4-6-17)13-21-19(23)12-9-15-7-10-18(20)11-8-15/h3-12H,13-14H2,1-2H3,(H,21,23)/b12-9+. The summed E-state index contributed by atoms with van der Waals surface area (Å²) in [6.45, 7) is 1.38. The molecule has 0 saturated carbocycles. The SMILES string of the molecule is CN(C)Cc1ccc(CNC(=O)/C=C/c2ccc(F)cc2)cc1. The predicted molar refractivity (Wildman–Crippen MR) is 91.1 cm³/mol. The van der Waals surface area contributed by atoms with Crippen LogP contribution in [0.4, 0.5) is 4.39 Å². The highest BCUT2D eigenvalue weighted by molar-refractivity contribution is 5.91. The third kappa shape index (κ3) is 6.04. The maximum Gasteiger partial charge on any atom is 0.244 e. The lowest BCUT2D eigenvalue weighted by Crippen LogP contribution is -2.20. The topological polar surface area (TPSA) is 32.3 Å². The second-order valence-corrected chi connectivity index (χ2v) is 5.66. The number of carbonyl (C=O) groups is 1. The summed E-state index contributed by atoms with van der Waals surface area (Å²) in [5.41, 5.74) is 3.08. The van der Waals surface area contributed by atoms with Crippen LogP contribution in [0.3, 0.4) is 0 Å². The van der Waals surface area contributed by atoms with Crippen LogP contribution in [-0.4, -0.2) is 24.9 Å².